The number of oxazole rings is 1. The molecule has 102 valence electrons. The van der Waals surface area contributed by atoms with E-state index in [1.165, 1.54) is 17.8 Å². The Morgan fingerprint density at radius 3 is 2.70 bits per heavy atom. The number of aryl methyl sites for hydroxylation is 2. The minimum absolute atomic E-state index is 0.295. The monoisotopic (exact) mass is 308 g/mol. The summed E-state index contributed by atoms with van der Waals surface area (Å²) >= 11 is 7.38. The summed E-state index contributed by atoms with van der Waals surface area (Å²) in [4.78, 5) is 27.8. The van der Waals surface area contributed by atoms with Gasteiger partial charge in [-0.3, -0.25) is 9.59 Å². The maximum Gasteiger partial charge on any atom is 0.296 e. The van der Waals surface area contributed by atoms with Gasteiger partial charge in [0, 0.05) is 4.90 Å². The van der Waals surface area contributed by atoms with Crippen molar-refractivity contribution in [2.24, 2.45) is 0 Å². The van der Waals surface area contributed by atoms with Gasteiger partial charge in [0.05, 0.1) is 22.0 Å². The number of anilines is 1. The molecule has 0 saturated heterocycles. The van der Waals surface area contributed by atoms with Gasteiger partial charge in [0.2, 0.25) is 0 Å². The van der Waals surface area contributed by atoms with Gasteiger partial charge in [0.15, 0.2) is 0 Å². The summed E-state index contributed by atoms with van der Waals surface area (Å²) in [7, 11) is 0. The van der Waals surface area contributed by atoms with Crippen LogP contribution in [0, 0.1) is 13.8 Å². The highest BCUT2D eigenvalue weighted by molar-refractivity contribution is 7.99. The van der Waals surface area contributed by atoms with Crippen LogP contribution in [0.3, 0.4) is 0 Å². The number of carbonyl (C=O) groups excluding carboxylic acids is 2. The lowest BCUT2D eigenvalue weighted by molar-refractivity contribution is -0.112. The minimum atomic E-state index is -0.638. The number of hydrogen-bond donors (Lipinski definition) is 1. The molecular formula is C13H9ClN2O3S. The van der Waals surface area contributed by atoms with Gasteiger partial charge in [-0.2, -0.15) is 0 Å². The van der Waals surface area contributed by atoms with Crippen LogP contribution in [0.25, 0.3) is 0 Å². The van der Waals surface area contributed by atoms with Crippen LogP contribution < -0.4 is 5.32 Å². The number of nitrogens with one attached hydrogen (secondary N) is 1. The molecule has 1 aromatic heterocycles. The van der Waals surface area contributed by atoms with Crippen molar-refractivity contribution >= 4 is 40.7 Å². The molecule has 1 aromatic carbocycles. The number of halogens is 1. The molecule has 0 radical (unpaired) electrons. The second kappa shape index (κ2) is 4.64. The third-order valence-corrected chi connectivity index (χ3v) is 4.31. The van der Waals surface area contributed by atoms with Crippen LogP contribution in [0.2, 0.25) is 5.02 Å². The zero-order chi connectivity index (χ0) is 14.4. The largest absolute Gasteiger partial charge is 0.436 e. The average Bonchev–Trinajstić information content (AvgIpc) is 2.83. The van der Waals surface area contributed by atoms with E-state index >= 15 is 0 Å². The summed E-state index contributed by atoms with van der Waals surface area (Å²) in [5.41, 5.74) is 1.57. The molecule has 5 nitrogen and oxygen atoms in total. The molecule has 1 aliphatic heterocycles. The molecule has 1 aliphatic rings. The van der Waals surface area contributed by atoms with E-state index in [2.05, 4.69) is 10.3 Å². The third-order valence-electron chi connectivity index (χ3n) is 2.98. The van der Waals surface area contributed by atoms with Gasteiger partial charge < -0.3 is 9.73 Å². The highest BCUT2D eigenvalue weighted by atomic mass is 35.5. The maximum atomic E-state index is 11.6. The van der Waals surface area contributed by atoms with Crippen LogP contribution in [0.15, 0.2) is 26.7 Å². The fourth-order valence-electron chi connectivity index (χ4n) is 1.81. The fraction of sp³-hybridized carbons (Fsp3) is 0.154. The van der Waals surface area contributed by atoms with E-state index in [0.29, 0.717) is 26.4 Å². The van der Waals surface area contributed by atoms with Crippen LogP contribution >= 0.6 is 23.4 Å². The highest BCUT2D eigenvalue weighted by Crippen LogP contribution is 2.38. The van der Waals surface area contributed by atoms with Gasteiger partial charge in [0.25, 0.3) is 16.9 Å². The summed E-state index contributed by atoms with van der Waals surface area (Å²) in [6.45, 7) is 3.68. The smallest absolute Gasteiger partial charge is 0.296 e. The van der Waals surface area contributed by atoms with Crippen LogP contribution in [-0.4, -0.2) is 16.7 Å². The Bertz CT molecular complexity index is 735. The Morgan fingerprint density at radius 2 is 2.05 bits per heavy atom. The first-order chi connectivity index (χ1) is 9.45. The van der Waals surface area contributed by atoms with Gasteiger partial charge in [-0.25, -0.2) is 4.98 Å². The number of amides is 1. The van der Waals surface area contributed by atoms with Crippen LogP contribution in [0.4, 0.5) is 5.69 Å². The Kier molecular flexibility index (Phi) is 3.07. The minimum Gasteiger partial charge on any atom is -0.436 e. The number of Topliss-reactive ketones (excluding diaryl/α,β-unsaturated/α-hetero) is 1. The van der Waals surface area contributed by atoms with Crippen molar-refractivity contribution in [1.82, 2.24) is 4.98 Å². The number of ketones is 1. The number of nitrogens with zero attached hydrogens (tertiary/aromatic N) is 1. The molecule has 1 amide bonds. The van der Waals surface area contributed by atoms with Crippen LogP contribution in [0.1, 0.15) is 21.8 Å². The van der Waals surface area contributed by atoms with Crippen molar-refractivity contribution < 1.29 is 14.0 Å². The van der Waals surface area contributed by atoms with Crippen LogP contribution in [0.5, 0.6) is 0 Å². The topological polar surface area (TPSA) is 72.2 Å². The summed E-state index contributed by atoms with van der Waals surface area (Å²) in [5.74, 6) is -0.462. The highest BCUT2D eigenvalue weighted by Gasteiger charge is 2.29. The molecule has 20 heavy (non-hydrogen) atoms. The summed E-state index contributed by atoms with van der Waals surface area (Å²) < 4.78 is 5.47. The molecule has 0 spiro atoms. The molecule has 7 heteroatoms. The van der Waals surface area contributed by atoms with Gasteiger partial charge in [-0.05, 0) is 37.7 Å². The van der Waals surface area contributed by atoms with Gasteiger partial charge in [0.1, 0.15) is 5.76 Å². The lowest BCUT2D eigenvalue weighted by Crippen LogP contribution is -2.12. The fourth-order valence-corrected chi connectivity index (χ4v) is 2.96. The zero-order valence-corrected chi connectivity index (χ0v) is 12.2. The number of rotatable bonds is 2. The van der Waals surface area contributed by atoms with E-state index in [9.17, 15) is 9.59 Å². The van der Waals surface area contributed by atoms with E-state index in [4.69, 9.17) is 16.0 Å². The Hall–Kier alpha value is -1.79. The van der Waals surface area contributed by atoms with E-state index in [0.717, 1.165) is 11.5 Å². The molecule has 0 aliphatic carbocycles. The summed E-state index contributed by atoms with van der Waals surface area (Å²) in [6, 6.07) is 3.14. The Balaban J connectivity index is 1.98. The van der Waals surface area contributed by atoms with Gasteiger partial charge >= 0.3 is 0 Å². The quantitative estimate of drug-likeness (QED) is 0.862. The normalized spacial score (nSPS) is 13.6. The van der Waals surface area contributed by atoms with E-state index in [-0.39, 0.29) is 0 Å². The standard InChI is InChI=1S/C13H9ClN2O3S/c1-5-6(2)19-13(15-5)20-10-4-9-7(3-8(10)14)11(17)12(18)16-9/h3-4H,1-2H3,(H,16,17,18). The molecule has 0 fully saturated rings. The molecule has 0 atom stereocenters. The first-order valence-electron chi connectivity index (χ1n) is 5.77. The number of carbonyl (C=O) groups is 2. The van der Waals surface area contributed by atoms with Gasteiger partial charge in [-0.15, -0.1) is 0 Å². The van der Waals surface area contributed by atoms with Crippen molar-refractivity contribution in [1.29, 1.82) is 0 Å². The van der Waals surface area contributed by atoms with E-state index in [1.54, 1.807) is 6.07 Å². The molecule has 2 aromatic rings. The third kappa shape index (κ3) is 2.10. The second-order valence-corrected chi connectivity index (χ2v) is 5.74. The van der Waals surface area contributed by atoms with Gasteiger partial charge in [-0.1, -0.05) is 11.6 Å². The second-order valence-electron chi connectivity index (χ2n) is 4.33. The molecule has 3 rings (SSSR count). The Morgan fingerprint density at radius 1 is 1.30 bits per heavy atom. The summed E-state index contributed by atoms with van der Waals surface area (Å²) in [6.07, 6.45) is 0. The van der Waals surface area contributed by atoms with E-state index < -0.39 is 11.7 Å². The Labute approximate surface area is 123 Å². The first-order valence-corrected chi connectivity index (χ1v) is 6.96. The molecule has 0 saturated carbocycles. The zero-order valence-electron chi connectivity index (χ0n) is 10.6. The number of aromatic nitrogens is 1. The molecule has 0 unspecified atom stereocenters. The number of hydrogen-bond acceptors (Lipinski definition) is 5. The van der Waals surface area contributed by atoms with E-state index in [1.807, 2.05) is 13.8 Å². The van der Waals surface area contributed by atoms with Crippen molar-refractivity contribution in [2.75, 3.05) is 5.32 Å². The molecule has 0 bridgehead atoms. The van der Waals surface area contributed by atoms with Crippen molar-refractivity contribution in [3.05, 3.63) is 34.2 Å². The molecular weight excluding hydrogens is 300 g/mol. The predicted octanol–water partition coefficient (Wildman–Crippen LogP) is 3.23. The molecule has 2 heterocycles. The average molecular weight is 309 g/mol. The van der Waals surface area contributed by atoms with Crippen LogP contribution in [-0.2, 0) is 4.79 Å². The summed E-state index contributed by atoms with van der Waals surface area (Å²) in [5, 5.41) is 3.36. The lowest BCUT2D eigenvalue weighted by Gasteiger charge is -2.04. The lowest BCUT2D eigenvalue weighted by atomic mass is 10.1. The first kappa shape index (κ1) is 13.2. The number of benzene rings is 1. The number of fused-ring (bicyclic) bond motifs is 1. The van der Waals surface area contributed by atoms with Crippen molar-refractivity contribution in [3.8, 4) is 0 Å². The SMILES string of the molecule is Cc1nc(Sc2cc3c(cc2Cl)C(=O)C(=O)N3)oc1C. The maximum absolute atomic E-state index is 11.6. The molecule has 1 N–H and O–H groups in total. The predicted molar refractivity (Wildman–Crippen MR) is 74.5 cm³/mol. The van der Waals surface area contributed by atoms with Crippen molar-refractivity contribution in [3.63, 3.8) is 0 Å². The van der Waals surface area contributed by atoms with Crippen molar-refractivity contribution in [2.45, 2.75) is 24.0 Å².